The molecule has 4 bridgehead atoms. The minimum absolute atomic E-state index is 0.0979. The first-order valence-electron chi connectivity index (χ1n) is 10.1. The van der Waals surface area contributed by atoms with Crippen molar-refractivity contribution in [1.82, 2.24) is 4.90 Å². The average Bonchev–Trinajstić information content (AvgIpc) is 2.82. The van der Waals surface area contributed by atoms with Crippen molar-refractivity contribution in [3.63, 3.8) is 0 Å². The van der Waals surface area contributed by atoms with Crippen molar-refractivity contribution in [1.29, 1.82) is 0 Å². The molecule has 1 amide bonds. The molecule has 1 spiro atoms. The third-order valence-electron chi connectivity index (χ3n) is 7.37. The summed E-state index contributed by atoms with van der Waals surface area (Å²) in [5, 5.41) is 1.38. The van der Waals surface area contributed by atoms with Crippen LogP contribution in [0.2, 0.25) is 0 Å². The van der Waals surface area contributed by atoms with Crippen LogP contribution < -0.4 is 9.80 Å². The number of amides is 1. The van der Waals surface area contributed by atoms with Gasteiger partial charge in [0.25, 0.3) is 5.91 Å². The van der Waals surface area contributed by atoms with Gasteiger partial charge >= 0.3 is 0 Å². The highest BCUT2D eigenvalue weighted by Crippen LogP contribution is 2.57. The minimum Gasteiger partial charge on any atom is -0.497 e. The summed E-state index contributed by atoms with van der Waals surface area (Å²) in [4.78, 5) is 33.8. The monoisotopic (exact) mass is 398 g/mol. The molecule has 6 rings (SSSR count). The summed E-state index contributed by atoms with van der Waals surface area (Å²) >= 11 is 0. The number of hydrogen-bond acceptors (Lipinski definition) is 6. The predicted octanol–water partition coefficient (Wildman–Crippen LogP) is 2.05. The molecule has 29 heavy (non-hydrogen) atoms. The van der Waals surface area contributed by atoms with Crippen LogP contribution >= 0.6 is 0 Å². The Morgan fingerprint density at radius 1 is 1.31 bits per heavy atom. The second-order valence-electron chi connectivity index (χ2n) is 8.54. The number of nitrogens with zero attached hydrogens (tertiary/aromatic N) is 2. The Labute approximate surface area is 170 Å². The van der Waals surface area contributed by atoms with Crippen LogP contribution in [0.4, 0.5) is 5.69 Å². The second-order valence-corrected chi connectivity index (χ2v) is 8.54. The number of methoxy groups -OCH3 is 1. The van der Waals surface area contributed by atoms with Crippen molar-refractivity contribution in [3.8, 4) is 5.75 Å². The third kappa shape index (κ3) is 2.31. The van der Waals surface area contributed by atoms with Gasteiger partial charge in [0, 0.05) is 36.8 Å². The lowest BCUT2D eigenvalue weighted by molar-refractivity contribution is -0.137. The summed E-state index contributed by atoms with van der Waals surface area (Å²) in [5.74, 6) is 0.997. The van der Waals surface area contributed by atoms with Crippen LogP contribution in [-0.2, 0) is 24.6 Å². The number of rotatable bonds is 3. The Morgan fingerprint density at radius 2 is 2.10 bits per heavy atom. The van der Waals surface area contributed by atoms with E-state index in [1.807, 2.05) is 31.4 Å². The van der Waals surface area contributed by atoms with Crippen LogP contribution in [0.15, 0.2) is 30.0 Å². The van der Waals surface area contributed by atoms with Crippen LogP contribution in [0, 0.1) is 11.8 Å². The van der Waals surface area contributed by atoms with E-state index < -0.39 is 5.41 Å². The molecular weight excluding hydrogens is 372 g/mol. The molecule has 2 saturated heterocycles. The number of fused-ring (bicyclic) bond motifs is 2. The van der Waals surface area contributed by atoms with Gasteiger partial charge in [0.05, 0.1) is 32.6 Å². The van der Waals surface area contributed by atoms with Gasteiger partial charge in [-0.15, -0.1) is 0 Å². The summed E-state index contributed by atoms with van der Waals surface area (Å²) in [6.45, 7) is 2.19. The van der Waals surface area contributed by atoms with Crippen molar-refractivity contribution in [3.05, 3.63) is 35.5 Å². The molecule has 0 radical (unpaired) electrons. The van der Waals surface area contributed by atoms with E-state index in [0.717, 1.165) is 11.1 Å². The maximum atomic E-state index is 13.8. The Morgan fingerprint density at radius 3 is 2.79 bits per heavy atom. The molecule has 7 heteroatoms. The first kappa shape index (κ1) is 18.6. The Kier molecular flexibility index (Phi) is 4.05. The number of hydroxylamine groups is 1. The Balaban J connectivity index is 1.68. The molecule has 1 aliphatic carbocycles. The molecule has 1 aromatic rings. The number of benzene rings is 1. The lowest BCUT2D eigenvalue weighted by atomic mass is 9.72. The number of allylic oxidation sites excluding steroid dienone is 1. The molecule has 5 atom stereocenters. The van der Waals surface area contributed by atoms with Crippen molar-refractivity contribution in [2.75, 3.05) is 32.9 Å². The molecule has 5 aliphatic rings. The minimum atomic E-state index is -0.833. The first-order chi connectivity index (χ1) is 13.9. The third-order valence-corrected chi connectivity index (χ3v) is 7.37. The number of ketones is 1. The Hall–Kier alpha value is -2.38. The Bertz CT molecular complexity index is 928. The van der Waals surface area contributed by atoms with E-state index in [0.29, 0.717) is 30.9 Å². The topological polar surface area (TPSA) is 68.3 Å². The standard InChI is InChI=1S/C22H26N2O5/c1-12(25)15-10-23(2)19-9-22(20-8-14(15)16(19)11-29-20)17-6-5-13(27-3)7-18(17)24(28-4)21(22)26/h5-7,10,14,16,19-20H,8-9,11H2,1-4H3/t14-,16-,19-,20+,22-/m0/s1. The zero-order valence-electron chi connectivity index (χ0n) is 17.2. The van der Waals surface area contributed by atoms with Crippen LogP contribution in [0.1, 0.15) is 25.3 Å². The number of carbonyl (C=O) groups excluding carboxylic acids is 2. The molecule has 1 saturated carbocycles. The smallest absolute Gasteiger partial charge is 0.264 e. The molecule has 0 N–H and O–H groups in total. The average molecular weight is 398 g/mol. The quantitative estimate of drug-likeness (QED) is 0.776. The summed E-state index contributed by atoms with van der Waals surface area (Å²) in [7, 11) is 5.11. The highest BCUT2D eigenvalue weighted by atomic mass is 16.7. The number of hydrogen-bond donors (Lipinski definition) is 0. The highest BCUT2D eigenvalue weighted by Gasteiger charge is 2.64. The zero-order valence-corrected chi connectivity index (χ0v) is 17.2. The lowest BCUT2D eigenvalue weighted by Crippen LogP contribution is -2.50. The van der Waals surface area contributed by atoms with E-state index in [1.54, 1.807) is 14.0 Å². The van der Waals surface area contributed by atoms with E-state index in [1.165, 1.54) is 12.2 Å². The van der Waals surface area contributed by atoms with Crippen LogP contribution in [0.5, 0.6) is 5.75 Å². The van der Waals surface area contributed by atoms with Crippen molar-refractivity contribution < 1.29 is 23.9 Å². The highest BCUT2D eigenvalue weighted by molar-refractivity contribution is 6.07. The zero-order chi connectivity index (χ0) is 20.5. The fourth-order valence-electron chi connectivity index (χ4n) is 6.00. The summed E-state index contributed by atoms with van der Waals surface area (Å²) < 4.78 is 11.7. The SMILES string of the molecule is COc1ccc2c(c1)N(OC)C(=O)[C@@]21C[C@H]2[C@H]3CO[C@@H]1C[C@H]3C(C(C)=O)=CN2C. The van der Waals surface area contributed by atoms with Crippen molar-refractivity contribution in [2.24, 2.45) is 11.8 Å². The first-order valence-corrected chi connectivity index (χ1v) is 10.1. The van der Waals surface area contributed by atoms with Gasteiger partial charge < -0.3 is 14.4 Å². The van der Waals surface area contributed by atoms with Crippen molar-refractivity contribution >= 4 is 17.4 Å². The van der Waals surface area contributed by atoms with E-state index in [2.05, 4.69) is 4.90 Å². The lowest BCUT2D eigenvalue weighted by Gasteiger charge is -2.43. The van der Waals surface area contributed by atoms with E-state index in [4.69, 9.17) is 14.3 Å². The summed E-state index contributed by atoms with van der Waals surface area (Å²) in [5.41, 5.74) is 1.65. The van der Waals surface area contributed by atoms with E-state index in [-0.39, 0.29) is 35.7 Å². The molecule has 0 unspecified atom stereocenters. The van der Waals surface area contributed by atoms with Crippen LogP contribution in [-0.4, -0.2) is 56.6 Å². The fourth-order valence-corrected chi connectivity index (χ4v) is 6.00. The number of ether oxygens (including phenoxy) is 2. The maximum Gasteiger partial charge on any atom is 0.264 e. The molecule has 4 aliphatic heterocycles. The van der Waals surface area contributed by atoms with Crippen molar-refractivity contribution in [2.45, 2.75) is 37.3 Å². The van der Waals surface area contributed by atoms with Gasteiger partial charge in [-0.2, -0.15) is 5.06 Å². The molecule has 3 fully saturated rings. The second kappa shape index (κ2) is 6.31. The molecule has 0 aromatic heterocycles. The molecule has 4 heterocycles. The largest absolute Gasteiger partial charge is 0.497 e. The van der Waals surface area contributed by atoms with E-state index in [9.17, 15) is 9.59 Å². The van der Waals surface area contributed by atoms with Gasteiger partial charge in [-0.3, -0.25) is 14.4 Å². The van der Waals surface area contributed by atoms with Gasteiger partial charge in [-0.1, -0.05) is 6.07 Å². The number of anilines is 1. The van der Waals surface area contributed by atoms with Gasteiger partial charge in [-0.25, -0.2) is 0 Å². The number of Topliss-reactive ketones (excluding diaryl/α,β-unsaturated/α-hetero) is 1. The molecule has 1 aromatic carbocycles. The summed E-state index contributed by atoms with van der Waals surface area (Å²) in [6, 6.07) is 5.82. The maximum absolute atomic E-state index is 13.8. The van der Waals surface area contributed by atoms with Crippen LogP contribution in [0.3, 0.4) is 0 Å². The molecular formula is C22H26N2O5. The molecule has 154 valence electrons. The predicted molar refractivity (Wildman–Crippen MR) is 105 cm³/mol. The normalized spacial score (nSPS) is 34.9. The van der Waals surface area contributed by atoms with Gasteiger partial charge in [-0.05, 0) is 37.3 Å². The summed E-state index contributed by atoms with van der Waals surface area (Å²) in [6.07, 6.45) is 2.98. The van der Waals surface area contributed by atoms with Gasteiger partial charge in [0.15, 0.2) is 5.78 Å². The number of carbonyl (C=O) groups is 2. The van der Waals surface area contributed by atoms with Crippen LogP contribution in [0.25, 0.3) is 0 Å². The van der Waals surface area contributed by atoms with Gasteiger partial charge in [0.2, 0.25) is 0 Å². The van der Waals surface area contributed by atoms with Gasteiger partial charge in [0.1, 0.15) is 11.2 Å². The van der Waals surface area contributed by atoms with E-state index >= 15 is 0 Å². The fraction of sp³-hybridized carbons (Fsp3) is 0.545. The molecule has 7 nitrogen and oxygen atoms in total.